The van der Waals surface area contributed by atoms with Gasteiger partial charge in [0.2, 0.25) is 0 Å². The van der Waals surface area contributed by atoms with Crippen LogP contribution in [0.4, 0.5) is 5.82 Å². The molecule has 29 heavy (non-hydrogen) atoms. The molecule has 2 aromatic carbocycles. The van der Waals surface area contributed by atoms with Crippen molar-refractivity contribution in [3.8, 4) is 11.1 Å². The van der Waals surface area contributed by atoms with Crippen molar-refractivity contribution in [2.24, 2.45) is 0 Å². The fraction of sp³-hybridized carbons (Fsp3) is 0.320. The molecule has 0 atom stereocenters. The number of hydrogen-bond donors (Lipinski definition) is 0. The number of fused-ring (bicyclic) bond motifs is 3. The summed E-state index contributed by atoms with van der Waals surface area (Å²) in [5, 5.41) is 0. The number of aromatic nitrogens is 1. The monoisotopic (exact) mass is 449 g/mol. The summed E-state index contributed by atoms with van der Waals surface area (Å²) in [6.45, 7) is 2.08. The first-order valence-electron chi connectivity index (χ1n) is 10.2. The zero-order valence-electron chi connectivity index (χ0n) is 17.5. The lowest BCUT2D eigenvalue weighted by molar-refractivity contribution is 0.401. The lowest BCUT2D eigenvalue weighted by Gasteiger charge is -2.23. The van der Waals surface area contributed by atoms with Gasteiger partial charge in [0.1, 0.15) is 5.82 Å². The van der Waals surface area contributed by atoms with Crippen LogP contribution in [-0.2, 0) is 12.8 Å². The first-order chi connectivity index (χ1) is 14.0. The minimum Gasteiger partial charge on any atom is -0.359 e. The maximum absolute atomic E-state index is 5.16. The van der Waals surface area contributed by atoms with Crippen LogP contribution in [0.1, 0.15) is 28.8 Å². The molecule has 0 saturated carbocycles. The van der Waals surface area contributed by atoms with Crippen LogP contribution >= 0.6 is 15.9 Å². The normalized spacial score (nSPS) is 12.2. The molecule has 0 spiro atoms. The van der Waals surface area contributed by atoms with Gasteiger partial charge in [0.25, 0.3) is 0 Å². The summed E-state index contributed by atoms with van der Waals surface area (Å²) in [6, 6.07) is 19.6. The topological polar surface area (TPSA) is 19.4 Å². The Balaban J connectivity index is 1.71. The molecule has 3 aromatic rings. The lowest BCUT2D eigenvalue weighted by atomic mass is 10.0. The van der Waals surface area contributed by atoms with Gasteiger partial charge >= 0.3 is 0 Å². The first-order valence-corrected chi connectivity index (χ1v) is 11.0. The number of nitrogens with zero attached hydrogens (tertiary/aromatic N) is 3. The second-order valence-corrected chi connectivity index (χ2v) is 9.11. The van der Waals surface area contributed by atoms with Crippen LogP contribution in [0.3, 0.4) is 0 Å². The minimum absolute atomic E-state index is 0.868. The molecule has 0 aliphatic heterocycles. The number of halogens is 1. The molecular formula is C25H28BrN3. The lowest BCUT2D eigenvalue weighted by Crippen LogP contribution is -2.25. The van der Waals surface area contributed by atoms with E-state index in [0.717, 1.165) is 48.3 Å². The summed E-state index contributed by atoms with van der Waals surface area (Å²) in [7, 11) is 6.44. The van der Waals surface area contributed by atoms with E-state index in [9.17, 15) is 0 Å². The molecule has 0 saturated heterocycles. The highest BCUT2D eigenvalue weighted by molar-refractivity contribution is 9.10. The van der Waals surface area contributed by atoms with Gasteiger partial charge in [-0.25, -0.2) is 4.98 Å². The first kappa shape index (κ1) is 20.1. The number of rotatable bonds is 7. The van der Waals surface area contributed by atoms with Crippen molar-refractivity contribution < 1.29 is 0 Å². The summed E-state index contributed by atoms with van der Waals surface area (Å²) in [5.41, 5.74) is 7.88. The molecule has 4 rings (SSSR count). The summed E-state index contributed by atoms with van der Waals surface area (Å²) >= 11 is 3.63. The molecule has 1 heterocycles. The number of hydrogen-bond acceptors (Lipinski definition) is 3. The van der Waals surface area contributed by atoms with Gasteiger partial charge in [-0.15, -0.1) is 0 Å². The minimum atomic E-state index is 0.868. The van der Waals surface area contributed by atoms with Crippen LogP contribution in [0.15, 0.2) is 59.1 Å². The number of benzene rings is 2. The van der Waals surface area contributed by atoms with Gasteiger partial charge in [-0.2, -0.15) is 0 Å². The van der Waals surface area contributed by atoms with E-state index >= 15 is 0 Å². The van der Waals surface area contributed by atoms with Crippen LogP contribution in [0.5, 0.6) is 0 Å². The highest BCUT2D eigenvalue weighted by Crippen LogP contribution is 2.43. The molecule has 0 fully saturated rings. The quantitative estimate of drug-likeness (QED) is 0.376. The van der Waals surface area contributed by atoms with E-state index in [-0.39, 0.29) is 0 Å². The van der Waals surface area contributed by atoms with E-state index in [2.05, 4.69) is 101 Å². The maximum Gasteiger partial charge on any atom is 0.136 e. The van der Waals surface area contributed by atoms with Crippen molar-refractivity contribution in [1.82, 2.24) is 9.88 Å². The van der Waals surface area contributed by atoms with Gasteiger partial charge in [0.05, 0.1) is 0 Å². The average Bonchev–Trinajstić information content (AvgIpc) is 3.04. The molecule has 3 nitrogen and oxygen atoms in total. The van der Waals surface area contributed by atoms with Crippen molar-refractivity contribution in [2.75, 3.05) is 39.1 Å². The van der Waals surface area contributed by atoms with Crippen molar-refractivity contribution in [1.29, 1.82) is 0 Å². The molecule has 0 N–H and O–H groups in total. The van der Waals surface area contributed by atoms with Crippen LogP contribution < -0.4 is 4.90 Å². The zero-order valence-corrected chi connectivity index (χ0v) is 19.0. The van der Waals surface area contributed by atoms with Crippen LogP contribution in [-0.4, -0.2) is 44.1 Å². The summed E-state index contributed by atoms with van der Waals surface area (Å²) in [5.74, 6) is 1.12. The third kappa shape index (κ3) is 4.54. The number of anilines is 1. The Kier molecular flexibility index (Phi) is 6.02. The van der Waals surface area contributed by atoms with E-state index in [1.165, 1.54) is 27.8 Å². The molecule has 150 valence electrons. The van der Waals surface area contributed by atoms with Gasteiger partial charge in [0, 0.05) is 35.7 Å². The van der Waals surface area contributed by atoms with Crippen molar-refractivity contribution in [3.63, 3.8) is 0 Å². The smallest absolute Gasteiger partial charge is 0.136 e. The fourth-order valence-electron chi connectivity index (χ4n) is 4.13. The van der Waals surface area contributed by atoms with Crippen molar-refractivity contribution in [2.45, 2.75) is 19.3 Å². The molecule has 0 unspecified atom stereocenters. The molecule has 1 aliphatic carbocycles. The maximum atomic E-state index is 5.16. The van der Waals surface area contributed by atoms with E-state index in [1.54, 1.807) is 0 Å². The Hall–Kier alpha value is -2.17. The van der Waals surface area contributed by atoms with Gasteiger partial charge in [-0.3, -0.25) is 0 Å². The van der Waals surface area contributed by atoms with Gasteiger partial charge in [-0.1, -0.05) is 52.3 Å². The zero-order chi connectivity index (χ0) is 20.4. The van der Waals surface area contributed by atoms with Gasteiger partial charge in [0.15, 0.2) is 0 Å². The molecule has 4 heteroatoms. The largest absolute Gasteiger partial charge is 0.359 e. The average molecular weight is 450 g/mol. The van der Waals surface area contributed by atoms with Gasteiger partial charge in [-0.05, 0) is 73.9 Å². The summed E-state index contributed by atoms with van der Waals surface area (Å²) < 4.78 is 1.14. The highest BCUT2D eigenvalue weighted by Gasteiger charge is 2.25. The molecule has 1 aliphatic rings. The predicted molar refractivity (Wildman–Crippen MR) is 126 cm³/mol. The van der Waals surface area contributed by atoms with Crippen LogP contribution in [0.2, 0.25) is 0 Å². The number of pyridine rings is 1. The standard InChI is InChI=1S/C25H28BrN3/c1-28(2)12-7-13-29(3)25-24-20(15-19-16-21(26)10-11-23(19)24)17-22(27-25)14-18-8-5-4-6-9-18/h4-6,8-11,16-17H,7,12-15H2,1-3H3. The van der Waals surface area contributed by atoms with Crippen molar-refractivity contribution in [3.05, 3.63) is 81.5 Å². The SMILES string of the molecule is CN(C)CCCN(C)c1nc(Cc2ccccc2)cc2c1-c1ccc(Br)cc1C2. The Labute approximate surface area is 182 Å². The van der Waals surface area contributed by atoms with Crippen LogP contribution in [0, 0.1) is 0 Å². The molecule has 0 amide bonds. The third-order valence-electron chi connectivity index (χ3n) is 5.54. The van der Waals surface area contributed by atoms with E-state index in [4.69, 9.17) is 4.98 Å². The van der Waals surface area contributed by atoms with E-state index < -0.39 is 0 Å². The second kappa shape index (κ2) is 8.68. The third-order valence-corrected chi connectivity index (χ3v) is 6.03. The molecule has 0 bridgehead atoms. The Bertz CT molecular complexity index is 998. The Morgan fingerprint density at radius 1 is 0.931 bits per heavy atom. The Morgan fingerprint density at radius 3 is 2.48 bits per heavy atom. The predicted octanol–water partition coefficient (Wildman–Crippen LogP) is 5.39. The summed E-state index contributed by atoms with van der Waals surface area (Å²) in [6.07, 6.45) is 2.97. The molecule has 0 radical (unpaired) electrons. The fourth-order valence-corrected chi connectivity index (χ4v) is 4.54. The molecule has 1 aromatic heterocycles. The van der Waals surface area contributed by atoms with Crippen molar-refractivity contribution >= 4 is 21.7 Å². The second-order valence-electron chi connectivity index (χ2n) is 8.19. The summed E-state index contributed by atoms with van der Waals surface area (Å²) in [4.78, 5) is 9.74. The van der Waals surface area contributed by atoms with Gasteiger partial charge < -0.3 is 9.80 Å². The Morgan fingerprint density at radius 2 is 1.72 bits per heavy atom. The van der Waals surface area contributed by atoms with Crippen LogP contribution in [0.25, 0.3) is 11.1 Å². The van der Waals surface area contributed by atoms with E-state index in [0.29, 0.717) is 0 Å². The highest BCUT2D eigenvalue weighted by atomic mass is 79.9. The molecular weight excluding hydrogens is 422 g/mol. The van der Waals surface area contributed by atoms with E-state index in [1.807, 2.05) is 0 Å².